The highest BCUT2D eigenvalue weighted by atomic mass is 35.5. The summed E-state index contributed by atoms with van der Waals surface area (Å²) in [6, 6.07) is 19.3. The van der Waals surface area contributed by atoms with Crippen LogP contribution in [0.4, 0.5) is 0 Å². The fraction of sp³-hybridized carbons (Fsp3) is 0.160. The van der Waals surface area contributed by atoms with Gasteiger partial charge in [0.1, 0.15) is 12.9 Å². The van der Waals surface area contributed by atoms with Crippen LogP contribution >= 0.6 is 35.0 Å². The second kappa shape index (κ2) is 11.4. The van der Waals surface area contributed by atoms with Gasteiger partial charge in [0, 0.05) is 26.9 Å². The molecule has 0 saturated carbocycles. The van der Waals surface area contributed by atoms with Crippen molar-refractivity contribution in [1.29, 1.82) is 0 Å². The zero-order chi connectivity index (χ0) is 23.9. The summed E-state index contributed by atoms with van der Waals surface area (Å²) < 4.78 is 13.2. The van der Waals surface area contributed by atoms with Gasteiger partial charge >= 0.3 is 0 Å². The van der Waals surface area contributed by atoms with E-state index in [0.717, 1.165) is 16.9 Å². The number of para-hydroxylation sites is 1. The van der Waals surface area contributed by atoms with Crippen molar-refractivity contribution in [2.75, 3.05) is 7.11 Å². The van der Waals surface area contributed by atoms with Crippen molar-refractivity contribution >= 4 is 41.2 Å². The molecule has 0 unspecified atom stereocenters. The van der Waals surface area contributed by atoms with Crippen LogP contribution in [-0.4, -0.2) is 28.2 Å². The maximum Gasteiger partial charge on any atom is 0.212 e. The summed E-state index contributed by atoms with van der Waals surface area (Å²) in [5.74, 6) is 1.91. The number of hydrogen-bond acceptors (Lipinski definition) is 6. The Morgan fingerprint density at radius 3 is 2.68 bits per heavy atom. The number of thioether (sulfide) groups is 1. The molecule has 0 aliphatic carbocycles. The van der Waals surface area contributed by atoms with E-state index in [9.17, 15) is 0 Å². The summed E-state index contributed by atoms with van der Waals surface area (Å²) in [5.41, 5.74) is 4.00. The molecule has 1 aromatic heterocycles. The Labute approximate surface area is 212 Å². The van der Waals surface area contributed by atoms with E-state index in [1.165, 1.54) is 11.1 Å². The predicted molar refractivity (Wildman–Crippen MR) is 138 cm³/mol. The molecule has 4 rings (SSSR count). The highest BCUT2D eigenvalue weighted by Gasteiger charge is 2.12. The number of aryl methyl sites for hydroxylation is 1. The van der Waals surface area contributed by atoms with Crippen molar-refractivity contribution in [2.24, 2.45) is 5.10 Å². The topological polar surface area (TPSA) is 61.5 Å². The van der Waals surface area contributed by atoms with Gasteiger partial charge in [0.25, 0.3) is 0 Å². The number of hydrogen-bond donors (Lipinski definition) is 0. The summed E-state index contributed by atoms with van der Waals surface area (Å²) in [6.45, 7) is 2.32. The molecule has 3 aromatic carbocycles. The lowest BCUT2D eigenvalue weighted by atomic mass is 10.2. The third-order valence-corrected chi connectivity index (χ3v) is 6.52. The van der Waals surface area contributed by atoms with Crippen LogP contribution in [0.3, 0.4) is 0 Å². The van der Waals surface area contributed by atoms with Gasteiger partial charge in [-0.15, -0.1) is 10.2 Å². The Balaban J connectivity index is 1.51. The number of rotatable bonds is 9. The van der Waals surface area contributed by atoms with Gasteiger partial charge in [-0.3, -0.25) is 0 Å². The molecule has 0 amide bonds. The number of nitrogens with zero attached hydrogens (tertiary/aromatic N) is 4. The first kappa shape index (κ1) is 24.1. The van der Waals surface area contributed by atoms with Crippen LogP contribution in [0.5, 0.6) is 11.5 Å². The van der Waals surface area contributed by atoms with Gasteiger partial charge in [-0.2, -0.15) is 9.78 Å². The van der Waals surface area contributed by atoms with E-state index in [0.29, 0.717) is 26.7 Å². The molecule has 0 saturated heterocycles. The molecule has 0 radical (unpaired) electrons. The fourth-order valence-electron chi connectivity index (χ4n) is 3.09. The molecule has 0 bridgehead atoms. The zero-order valence-corrected chi connectivity index (χ0v) is 20.9. The van der Waals surface area contributed by atoms with E-state index < -0.39 is 0 Å². The van der Waals surface area contributed by atoms with Gasteiger partial charge in [0.2, 0.25) is 5.16 Å². The second-order valence-electron chi connectivity index (χ2n) is 7.38. The number of ether oxygens (including phenoxy) is 2. The van der Waals surface area contributed by atoms with E-state index in [-0.39, 0.29) is 6.61 Å². The van der Waals surface area contributed by atoms with Gasteiger partial charge in [0.05, 0.1) is 13.3 Å². The Hall–Kier alpha value is -3.00. The minimum Gasteiger partial charge on any atom is -0.493 e. The zero-order valence-electron chi connectivity index (χ0n) is 18.6. The highest BCUT2D eigenvalue weighted by Crippen LogP contribution is 2.32. The van der Waals surface area contributed by atoms with Crippen LogP contribution in [0, 0.1) is 6.92 Å². The minimum absolute atomic E-state index is 0.251. The van der Waals surface area contributed by atoms with E-state index in [4.69, 9.17) is 32.7 Å². The lowest BCUT2D eigenvalue weighted by Gasteiger charge is -2.14. The summed E-state index contributed by atoms with van der Waals surface area (Å²) in [6.07, 6.45) is 3.27. The summed E-state index contributed by atoms with van der Waals surface area (Å²) >= 11 is 13.9. The predicted octanol–water partition coefficient (Wildman–Crippen LogP) is 6.66. The molecule has 0 aliphatic rings. The van der Waals surface area contributed by atoms with Crippen molar-refractivity contribution < 1.29 is 9.47 Å². The Morgan fingerprint density at radius 2 is 1.91 bits per heavy atom. The largest absolute Gasteiger partial charge is 0.493 e. The second-order valence-corrected chi connectivity index (χ2v) is 9.17. The monoisotopic (exact) mass is 512 g/mol. The molecule has 4 aromatic rings. The molecule has 9 heteroatoms. The van der Waals surface area contributed by atoms with E-state index >= 15 is 0 Å². The summed E-state index contributed by atoms with van der Waals surface area (Å²) in [7, 11) is 1.60. The van der Waals surface area contributed by atoms with Gasteiger partial charge < -0.3 is 9.47 Å². The van der Waals surface area contributed by atoms with Crippen LogP contribution in [-0.2, 0) is 12.4 Å². The number of benzene rings is 3. The summed E-state index contributed by atoms with van der Waals surface area (Å²) in [5, 5.41) is 14.5. The maximum atomic E-state index is 6.30. The van der Waals surface area contributed by atoms with Crippen LogP contribution in [0.25, 0.3) is 0 Å². The van der Waals surface area contributed by atoms with Crippen LogP contribution in [0.15, 0.2) is 77.2 Å². The Bertz CT molecular complexity index is 1290. The van der Waals surface area contributed by atoms with Crippen molar-refractivity contribution in [2.45, 2.75) is 24.4 Å². The number of aromatic nitrogens is 3. The van der Waals surface area contributed by atoms with E-state index in [1.54, 1.807) is 48.2 Å². The molecule has 0 atom stereocenters. The first-order valence-corrected chi connectivity index (χ1v) is 12.1. The first-order valence-electron chi connectivity index (χ1n) is 10.4. The van der Waals surface area contributed by atoms with Crippen molar-refractivity contribution in [3.8, 4) is 11.5 Å². The van der Waals surface area contributed by atoms with Crippen molar-refractivity contribution in [1.82, 2.24) is 14.9 Å². The minimum atomic E-state index is 0.251. The van der Waals surface area contributed by atoms with E-state index in [1.807, 2.05) is 24.3 Å². The maximum absolute atomic E-state index is 6.30. The normalized spacial score (nSPS) is 11.2. The molecule has 174 valence electrons. The average Bonchev–Trinajstić information content (AvgIpc) is 3.29. The average molecular weight is 513 g/mol. The smallest absolute Gasteiger partial charge is 0.212 e. The van der Waals surface area contributed by atoms with Crippen LogP contribution in [0.1, 0.15) is 22.3 Å². The molecule has 6 nitrogen and oxygen atoms in total. The third-order valence-electron chi connectivity index (χ3n) is 4.93. The third kappa shape index (κ3) is 6.11. The van der Waals surface area contributed by atoms with Crippen molar-refractivity contribution in [3.05, 3.63) is 99.3 Å². The van der Waals surface area contributed by atoms with Crippen LogP contribution in [0.2, 0.25) is 10.0 Å². The number of methoxy groups -OCH3 is 1. The van der Waals surface area contributed by atoms with Gasteiger partial charge in [0.15, 0.2) is 11.5 Å². The van der Waals surface area contributed by atoms with E-state index in [2.05, 4.69) is 46.5 Å². The molecule has 34 heavy (non-hydrogen) atoms. The van der Waals surface area contributed by atoms with Gasteiger partial charge in [-0.1, -0.05) is 76.9 Å². The molecule has 1 heterocycles. The molecule has 0 fully saturated rings. The molecule has 0 spiro atoms. The van der Waals surface area contributed by atoms with Crippen molar-refractivity contribution in [3.63, 3.8) is 0 Å². The van der Waals surface area contributed by atoms with Gasteiger partial charge in [-0.25, -0.2) is 0 Å². The molecule has 0 N–H and O–H groups in total. The standard InChI is InChI=1S/C25H22Cl2N4O2S/c1-17-6-8-18(9-7-17)15-34-25-30-28-16-31(25)29-13-19-4-3-5-23(32-2)24(19)33-14-20-10-11-21(26)12-22(20)27/h3-13,16H,14-15H2,1-2H3/b29-13+. The lowest BCUT2D eigenvalue weighted by Crippen LogP contribution is -2.02. The highest BCUT2D eigenvalue weighted by molar-refractivity contribution is 7.98. The SMILES string of the molecule is COc1cccc(/C=N/n2cnnc2SCc2ccc(C)cc2)c1OCc1ccc(Cl)cc1Cl. The molecular weight excluding hydrogens is 491 g/mol. The fourth-order valence-corrected chi connectivity index (χ4v) is 4.37. The van der Waals surface area contributed by atoms with Gasteiger partial charge in [-0.05, 0) is 36.8 Å². The van der Waals surface area contributed by atoms with Crippen LogP contribution < -0.4 is 9.47 Å². The lowest BCUT2D eigenvalue weighted by molar-refractivity contribution is 0.284. The summed E-state index contributed by atoms with van der Waals surface area (Å²) in [4.78, 5) is 0. The molecule has 0 aliphatic heterocycles. The Morgan fingerprint density at radius 1 is 1.09 bits per heavy atom. The molecular formula is C25H22Cl2N4O2S. The first-order chi connectivity index (χ1) is 16.5. The number of halogens is 2. The quantitative estimate of drug-likeness (QED) is 0.185. The Kier molecular flexibility index (Phi) is 8.11.